The van der Waals surface area contributed by atoms with E-state index in [-0.39, 0.29) is 11.4 Å². The number of hydrogen-bond acceptors (Lipinski definition) is 4. The first-order valence-corrected chi connectivity index (χ1v) is 8.57. The lowest BCUT2D eigenvalue weighted by Crippen LogP contribution is -2.06. The number of carboxylic acid groups (broad SMARTS) is 1. The molecule has 0 unspecified atom stereocenters. The summed E-state index contributed by atoms with van der Waals surface area (Å²) in [7, 11) is 0. The number of nitro groups is 1. The van der Waals surface area contributed by atoms with Crippen LogP contribution in [0.1, 0.15) is 5.56 Å². The molecule has 0 fully saturated rings. The molecule has 0 saturated heterocycles. The highest BCUT2D eigenvalue weighted by molar-refractivity contribution is 6.13. The smallest absolute Gasteiger partial charge is 0.449 e. The van der Waals surface area contributed by atoms with Gasteiger partial charge in [0.15, 0.2) is 0 Å². The Labute approximate surface area is 159 Å². The van der Waals surface area contributed by atoms with Gasteiger partial charge in [0.1, 0.15) is 0 Å². The van der Waals surface area contributed by atoms with Crippen molar-refractivity contribution in [1.29, 1.82) is 0 Å². The third-order valence-electron chi connectivity index (χ3n) is 4.81. The maximum atomic E-state index is 11.7. The molecule has 0 aliphatic heterocycles. The second-order valence-corrected chi connectivity index (χ2v) is 6.40. The van der Waals surface area contributed by atoms with Gasteiger partial charge >= 0.3 is 11.8 Å². The number of nitrogens with zero attached hydrogens (tertiary/aromatic N) is 1. The molecule has 138 valence electrons. The zero-order chi connectivity index (χ0) is 19.8. The van der Waals surface area contributed by atoms with Crippen molar-refractivity contribution in [3.05, 3.63) is 82.4 Å². The van der Waals surface area contributed by atoms with Gasteiger partial charge in [0.05, 0.1) is 4.92 Å². The van der Waals surface area contributed by atoms with E-state index < -0.39 is 11.1 Å². The van der Waals surface area contributed by atoms with E-state index in [2.05, 4.69) is 10.8 Å². The zero-order valence-electron chi connectivity index (χ0n) is 14.9. The molecule has 0 saturated carbocycles. The van der Waals surface area contributed by atoms with Crippen molar-refractivity contribution in [3.63, 3.8) is 0 Å². The molecule has 1 N–H and O–H groups in total. The van der Waals surface area contributed by atoms with Gasteiger partial charge in [-0.05, 0) is 57.8 Å². The molecule has 4 aromatic rings. The van der Waals surface area contributed by atoms with Gasteiger partial charge in [-0.15, -0.1) is 0 Å². The molecular weight excluding hydrogens is 358 g/mol. The van der Waals surface area contributed by atoms with Crippen LogP contribution in [0.5, 0.6) is 5.75 Å². The number of ether oxygens (including phenoxy) is 1. The molecule has 4 rings (SSSR count). The van der Waals surface area contributed by atoms with Crippen molar-refractivity contribution in [2.24, 2.45) is 0 Å². The molecule has 0 bridgehead atoms. The van der Waals surface area contributed by atoms with Crippen molar-refractivity contribution in [3.8, 4) is 16.9 Å². The minimum atomic E-state index is -1.59. The highest BCUT2D eigenvalue weighted by Crippen LogP contribution is 2.42. The summed E-state index contributed by atoms with van der Waals surface area (Å²) in [5.41, 5.74) is 1.54. The standard InChI is InChI=1S/C22H15NO5/c1-13-16(10-11-19(28-22(24)25)21(13)23(26)27)20-17-8-4-2-6-14(17)12-15-7-3-5-9-18(15)20/h2-12H,1H3,(H,24,25). The van der Waals surface area contributed by atoms with E-state index in [4.69, 9.17) is 5.11 Å². The van der Waals surface area contributed by atoms with Crippen LogP contribution in [0.15, 0.2) is 66.7 Å². The molecule has 28 heavy (non-hydrogen) atoms. The minimum Gasteiger partial charge on any atom is -0.449 e. The maximum Gasteiger partial charge on any atom is 0.511 e. The van der Waals surface area contributed by atoms with E-state index in [1.807, 2.05) is 48.5 Å². The molecule has 0 aliphatic carbocycles. The Bertz CT molecular complexity index is 1210. The quantitative estimate of drug-likeness (QED) is 0.158. The van der Waals surface area contributed by atoms with Gasteiger partial charge in [-0.25, -0.2) is 4.79 Å². The fourth-order valence-corrected chi connectivity index (χ4v) is 3.65. The fraction of sp³-hybridized carbons (Fsp3) is 0.0455. The van der Waals surface area contributed by atoms with Crippen LogP contribution in [-0.2, 0) is 0 Å². The van der Waals surface area contributed by atoms with Gasteiger partial charge < -0.3 is 9.84 Å². The largest absolute Gasteiger partial charge is 0.511 e. The molecule has 6 nitrogen and oxygen atoms in total. The Kier molecular flexibility index (Phi) is 4.16. The average molecular weight is 373 g/mol. The van der Waals surface area contributed by atoms with Gasteiger partial charge in [-0.1, -0.05) is 48.5 Å². The molecular formula is C22H15NO5. The van der Waals surface area contributed by atoms with E-state index >= 15 is 0 Å². The summed E-state index contributed by atoms with van der Waals surface area (Å²) in [4.78, 5) is 22.0. The van der Waals surface area contributed by atoms with E-state index in [1.165, 1.54) is 6.07 Å². The third kappa shape index (κ3) is 2.81. The number of rotatable bonds is 3. The van der Waals surface area contributed by atoms with Crippen LogP contribution < -0.4 is 4.74 Å². The molecule has 0 aromatic heterocycles. The van der Waals surface area contributed by atoms with Crippen LogP contribution in [0, 0.1) is 17.0 Å². The Morgan fingerprint density at radius 3 is 2.07 bits per heavy atom. The first kappa shape index (κ1) is 17.5. The number of fused-ring (bicyclic) bond motifs is 2. The number of carbonyl (C=O) groups is 1. The monoisotopic (exact) mass is 373 g/mol. The Balaban J connectivity index is 2.11. The predicted octanol–water partition coefficient (Wildman–Crippen LogP) is 5.93. The zero-order valence-corrected chi connectivity index (χ0v) is 14.9. The lowest BCUT2D eigenvalue weighted by Gasteiger charge is -2.15. The third-order valence-corrected chi connectivity index (χ3v) is 4.81. The highest BCUT2D eigenvalue weighted by atomic mass is 16.7. The van der Waals surface area contributed by atoms with Gasteiger partial charge in [-0.2, -0.15) is 0 Å². The molecule has 0 radical (unpaired) electrons. The van der Waals surface area contributed by atoms with Gasteiger partial charge in [0.2, 0.25) is 5.75 Å². The highest BCUT2D eigenvalue weighted by Gasteiger charge is 2.25. The minimum absolute atomic E-state index is 0.289. The first-order chi connectivity index (χ1) is 13.5. The predicted molar refractivity (Wildman–Crippen MR) is 107 cm³/mol. The van der Waals surface area contributed by atoms with Gasteiger partial charge in [0, 0.05) is 5.56 Å². The van der Waals surface area contributed by atoms with Crippen LogP contribution in [0.2, 0.25) is 0 Å². The SMILES string of the molecule is Cc1c(-c2c3ccccc3cc3ccccc23)ccc(OC(=O)O)c1[N+](=O)[O-]. The fourth-order valence-electron chi connectivity index (χ4n) is 3.65. The number of hydrogen-bond donors (Lipinski definition) is 1. The van der Waals surface area contributed by atoms with Gasteiger partial charge in [-0.3, -0.25) is 10.1 Å². The summed E-state index contributed by atoms with van der Waals surface area (Å²) >= 11 is 0. The molecule has 0 spiro atoms. The summed E-state index contributed by atoms with van der Waals surface area (Å²) in [5, 5.41) is 24.5. The molecule has 4 aromatic carbocycles. The maximum absolute atomic E-state index is 11.7. The van der Waals surface area contributed by atoms with Crippen molar-refractivity contribution >= 4 is 33.4 Å². The van der Waals surface area contributed by atoms with Crippen LogP contribution in [0.4, 0.5) is 10.5 Å². The topological polar surface area (TPSA) is 89.7 Å². The lowest BCUT2D eigenvalue weighted by atomic mass is 9.89. The van der Waals surface area contributed by atoms with Crippen molar-refractivity contribution in [1.82, 2.24) is 0 Å². The van der Waals surface area contributed by atoms with Crippen molar-refractivity contribution < 1.29 is 19.6 Å². The van der Waals surface area contributed by atoms with E-state index in [9.17, 15) is 14.9 Å². The lowest BCUT2D eigenvalue weighted by molar-refractivity contribution is -0.386. The first-order valence-electron chi connectivity index (χ1n) is 8.57. The number of nitro benzene ring substituents is 1. The average Bonchev–Trinajstić information content (AvgIpc) is 2.66. The van der Waals surface area contributed by atoms with Crippen molar-refractivity contribution in [2.45, 2.75) is 6.92 Å². The molecule has 0 aliphatic rings. The van der Waals surface area contributed by atoms with E-state index in [1.54, 1.807) is 13.0 Å². The second-order valence-electron chi connectivity index (χ2n) is 6.40. The normalized spacial score (nSPS) is 10.9. The Morgan fingerprint density at radius 1 is 0.964 bits per heavy atom. The van der Waals surface area contributed by atoms with Crippen LogP contribution in [0.25, 0.3) is 32.7 Å². The van der Waals surface area contributed by atoms with Gasteiger partial charge in [0.25, 0.3) is 0 Å². The molecule has 0 atom stereocenters. The van der Waals surface area contributed by atoms with Crippen molar-refractivity contribution in [2.75, 3.05) is 0 Å². The van der Waals surface area contributed by atoms with E-state index in [0.717, 1.165) is 27.1 Å². The van der Waals surface area contributed by atoms with Crippen LogP contribution >= 0.6 is 0 Å². The number of benzene rings is 4. The van der Waals surface area contributed by atoms with E-state index in [0.29, 0.717) is 11.1 Å². The molecule has 0 amide bonds. The van der Waals surface area contributed by atoms with Crippen LogP contribution in [-0.4, -0.2) is 16.2 Å². The summed E-state index contributed by atoms with van der Waals surface area (Å²) < 4.78 is 4.63. The Hall–Kier alpha value is -3.93. The second kappa shape index (κ2) is 6.66. The summed E-state index contributed by atoms with van der Waals surface area (Å²) in [6.07, 6.45) is -1.59. The summed E-state index contributed by atoms with van der Waals surface area (Å²) in [6, 6.07) is 20.8. The summed E-state index contributed by atoms with van der Waals surface area (Å²) in [5.74, 6) is -0.289. The summed E-state index contributed by atoms with van der Waals surface area (Å²) in [6.45, 7) is 1.61. The van der Waals surface area contributed by atoms with Crippen LogP contribution in [0.3, 0.4) is 0 Å². The Morgan fingerprint density at radius 2 is 1.54 bits per heavy atom. The molecule has 0 heterocycles. The molecule has 6 heteroatoms.